The van der Waals surface area contributed by atoms with Gasteiger partial charge in [-0.2, -0.15) is 0 Å². The fraction of sp³-hybridized carbons (Fsp3) is 0.400. The molecule has 0 aromatic carbocycles. The first-order valence-electron chi connectivity index (χ1n) is 7.52. The number of aromatic amines is 1. The smallest absolute Gasteiger partial charge is 0.265 e. The van der Waals surface area contributed by atoms with Gasteiger partial charge >= 0.3 is 0 Å². The molecule has 122 valence electrons. The number of hydrogen-bond donors (Lipinski definition) is 4. The van der Waals surface area contributed by atoms with E-state index in [-0.39, 0.29) is 5.91 Å². The van der Waals surface area contributed by atoms with Crippen molar-refractivity contribution in [3.63, 3.8) is 0 Å². The third kappa shape index (κ3) is 3.27. The van der Waals surface area contributed by atoms with Crippen molar-refractivity contribution < 1.29 is 9.59 Å². The largest absolute Gasteiger partial charge is 0.364 e. The van der Waals surface area contributed by atoms with Crippen LogP contribution in [0.3, 0.4) is 0 Å². The Bertz CT molecular complexity index is 730. The number of primary amides is 1. The van der Waals surface area contributed by atoms with E-state index in [1.807, 2.05) is 5.38 Å². The Labute approximate surface area is 137 Å². The van der Waals surface area contributed by atoms with Crippen LogP contribution in [0.4, 0.5) is 5.13 Å². The highest BCUT2D eigenvalue weighted by molar-refractivity contribution is 7.14. The van der Waals surface area contributed by atoms with Crippen LogP contribution in [0.15, 0.2) is 17.6 Å². The highest BCUT2D eigenvalue weighted by Gasteiger charge is 2.35. The van der Waals surface area contributed by atoms with Crippen molar-refractivity contribution >= 4 is 28.3 Å². The van der Waals surface area contributed by atoms with Crippen LogP contribution in [0.5, 0.6) is 0 Å². The van der Waals surface area contributed by atoms with E-state index in [0.29, 0.717) is 29.4 Å². The molecule has 1 fully saturated rings. The molecule has 6 N–H and O–H groups in total. The second-order valence-corrected chi connectivity index (χ2v) is 6.73. The number of nitrogens with one attached hydrogen (secondary N) is 2. The van der Waals surface area contributed by atoms with E-state index >= 15 is 0 Å². The Morgan fingerprint density at radius 1 is 1.30 bits per heavy atom. The molecule has 1 aliphatic carbocycles. The van der Waals surface area contributed by atoms with Gasteiger partial charge in [0.15, 0.2) is 5.13 Å². The number of carbonyl (C=O) groups is 2. The molecule has 0 unspecified atom stereocenters. The second-order valence-electron chi connectivity index (χ2n) is 5.88. The van der Waals surface area contributed by atoms with Crippen LogP contribution >= 0.6 is 11.3 Å². The topological polar surface area (TPSA) is 127 Å². The first-order chi connectivity index (χ1) is 11.0. The van der Waals surface area contributed by atoms with Gasteiger partial charge in [-0.05, 0) is 18.9 Å². The molecular formula is C15H19N5O2S. The molecule has 0 bridgehead atoms. The monoisotopic (exact) mass is 333 g/mol. The summed E-state index contributed by atoms with van der Waals surface area (Å²) in [5, 5.41) is 5.13. The van der Waals surface area contributed by atoms with Gasteiger partial charge in [-0.1, -0.05) is 19.3 Å². The van der Waals surface area contributed by atoms with E-state index in [2.05, 4.69) is 15.3 Å². The summed E-state index contributed by atoms with van der Waals surface area (Å²) in [6.45, 7) is 0. The van der Waals surface area contributed by atoms with Gasteiger partial charge in [0.05, 0.1) is 11.2 Å². The van der Waals surface area contributed by atoms with E-state index in [0.717, 1.165) is 24.8 Å². The molecule has 23 heavy (non-hydrogen) atoms. The molecule has 8 heteroatoms. The summed E-state index contributed by atoms with van der Waals surface area (Å²) in [5.41, 5.74) is 12.4. The number of anilines is 1. The Hall–Kier alpha value is -2.19. The molecule has 2 aromatic heterocycles. The second kappa shape index (κ2) is 6.13. The van der Waals surface area contributed by atoms with Gasteiger partial charge in [0.1, 0.15) is 5.69 Å². The Morgan fingerprint density at radius 2 is 2.04 bits per heavy atom. The maximum atomic E-state index is 12.4. The predicted octanol–water partition coefficient (Wildman–Crippen LogP) is 1.84. The zero-order valence-electron chi connectivity index (χ0n) is 12.6. The van der Waals surface area contributed by atoms with Gasteiger partial charge in [0, 0.05) is 17.1 Å². The van der Waals surface area contributed by atoms with Crippen LogP contribution in [0.1, 0.15) is 42.6 Å². The van der Waals surface area contributed by atoms with Gasteiger partial charge in [0.2, 0.25) is 5.91 Å². The van der Waals surface area contributed by atoms with Crippen LogP contribution in [-0.2, 0) is 4.79 Å². The molecule has 2 heterocycles. The standard InChI is InChI=1S/C15H19N5O2S/c16-12(21)10-6-9(7-18-10)11-8-23-14(19-11)20-13(22)15(17)4-2-1-3-5-15/h6-8,18H,1-5,17H2,(H2,16,21)(H,19,20,22). The van der Waals surface area contributed by atoms with Gasteiger partial charge in [-0.25, -0.2) is 4.98 Å². The molecule has 1 aliphatic rings. The number of amides is 2. The normalized spacial score (nSPS) is 16.9. The molecule has 2 aromatic rings. The van der Waals surface area contributed by atoms with Gasteiger partial charge in [-0.15, -0.1) is 11.3 Å². The van der Waals surface area contributed by atoms with E-state index in [1.165, 1.54) is 11.3 Å². The summed E-state index contributed by atoms with van der Waals surface area (Å²) in [6, 6.07) is 1.63. The zero-order chi connectivity index (χ0) is 16.4. The molecule has 1 saturated carbocycles. The first-order valence-corrected chi connectivity index (χ1v) is 8.40. The fourth-order valence-electron chi connectivity index (χ4n) is 2.78. The molecular weight excluding hydrogens is 314 g/mol. The molecule has 7 nitrogen and oxygen atoms in total. The lowest BCUT2D eigenvalue weighted by atomic mass is 9.82. The van der Waals surface area contributed by atoms with E-state index in [4.69, 9.17) is 11.5 Å². The van der Waals surface area contributed by atoms with Gasteiger partial charge in [-0.3, -0.25) is 9.59 Å². The lowest BCUT2D eigenvalue weighted by Gasteiger charge is -2.31. The van der Waals surface area contributed by atoms with Crippen LogP contribution < -0.4 is 16.8 Å². The summed E-state index contributed by atoms with van der Waals surface area (Å²) in [7, 11) is 0. The predicted molar refractivity (Wildman–Crippen MR) is 89.1 cm³/mol. The van der Waals surface area contributed by atoms with Crippen molar-refractivity contribution in [1.82, 2.24) is 9.97 Å². The third-order valence-electron chi connectivity index (χ3n) is 4.17. The molecule has 0 aliphatic heterocycles. The van der Waals surface area contributed by atoms with Crippen molar-refractivity contribution in [2.75, 3.05) is 5.32 Å². The average Bonchev–Trinajstić information content (AvgIpc) is 3.16. The Balaban J connectivity index is 1.71. The summed E-state index contributed by atoms with van der Waals surface area (Å²) in [4.78, 5) is 30.7. The minimum absolute atomic E-state index is 0.176. The molecule has 0 atom stereocenters. The highest BCUT2D eigenvalue weighted by atomic mass is 32.1. The van der Waals surface area contributed by atoms with Crippen molar-refractivity contribution in [2.24, 2.45) is 11.5 Å². The third-order valence-corrected chi connectivity index (χ3v) is 4.92. The van der Waals surface area contributed by atoms with Gasteiger partial charge < -0.3 is 21.8 Å². The van der Waals surface area contributed by atoms with Crippen molar-refractivity contribution in [2.45, 2.75) is 37.6 Å². The van der Waals surface area contributed by atoms with E-state index < -0.39 is 11.4 Å². The van der Waals surface area contributed by atoms with Crippen molar-refractivity contribution in [3.05, 3.63) is 23.3 Å². The SMILES string of the molecule is NC(=O)c1cc(-c2csc(NC(=O)C3(N)CCCCC3)n2)c[nH]1. The molecule has 0 spiro atoms. The quantitative estimate of drug-likeness (QED) is 0.680. The number of hydrogen-bond acceptors (Lipinski definition) is 5. The molecule has 0 radical (unpaired) electrons. The summed E-state index contributed by atoms with van der Waals surface area (Å²) < 4.78 is 0. The number of thiazole rings is 1. The summed E-state index contributed by atoms with van der Waals surface area (Å²) in [5.74, 6) is -0.702. The zero-order valence-corrected chi connectivity index (χ0v) is 13.4. The van der Waals surface area contributed by atoms with Crippen LogP contribution in [-0.4, -0.2) is 27.3 Å². The number of H-pyrrole nitrogens is 1. The van der Waals surface area contributed by atoms with E-state index in [1.54, 1.807) is 12.3 Å². The van der Waals surface area contributed by atoms with Crippen LogP contribution in [0.2, 0.25) is 0 Å². The lowest BCUT2D eigenvalue weighted by molar-refractivity contribution is -0.122. The maximum absolute atomic E-state index is 12.4. The van der Waals surface area contributed by atoms with Crippen molar-refractivity contribution in [3.8, 4) is 11.3 Å². The summed E-state index contributed by atoms with van der Waals surface area (Å²) >= 11 is 1.32. The van der Waals surface area contributed by atoms with E-state index in [9.17, 15) is 9.59 Å². The van der Waals surface area contributed by atoms with Crippen molar-refractivity contribution in [1.29, 1.82) is 0 Å². The van der Waals surface area contributed by atoms with Crippen LogP contribution in [0.25, 0.3) is 11.3 Å². The molecule has 0 saturated heterocycles. The first kappa shape index (κ1) is 15.7. The number of nitrogens with two attached hydrogens (primary N) is 2. The van der Waals surface area contributed by atoms with Gasteiger partial charge in [0.25, 0.3) is 5.91 Å². The lowest BCUT2D eigenvalue weighted by Crippen LogP contribution is -2.52. The maximum Gasteiger partial charge on any atom is 0.265 e. The molecule has 2 amide bonds. The minimum Gasteiger partial charge on any atom is -0.364 e. The number of aromatic nitrogens is 2. The molecule has 3 rings (SSSR count). The summed E-state index contributed by atoms with van der Waals surface area (Å²) in [6.07, 6.45) is 6.15. The van der Waals surface area contributed by atoms with Crippen LogP contribution in [0, 0.1) is 0 Å². The Morgan fingerprint density at radius 3 is 2.70 bits per heavy atom. The number of rotatable bonds is 4. The number of nitrogens with zero attached hydrogens (tertiary/aromatic N) is 1. The average molecular weight is 333 g/mol. The fourth-order valence-corrected chi connectivity index (χ4v) is 3.49. The highest BCUT2D eigenvalue weighted by Crippen LogP contribution is 2.29. The minimum atomic E-state index is -0.794. The Kier molecular flexibility index (Phi) is 4.18. The number of carbonyl (C=O) groups excluding carboxylic acids is 2.